The van der Waals surface area contributed by atoms with Crippen molar-refractivity contribution in [1.29, 1.82) is 0 Å². The van der Waals surface area contributed by atoms with Gasteiger partial charge in [0.15, 0.2) is 0 Å². The van der Waals surface area contributed by atoms with Crippen LogP contribution in [-0.4, -0.2) is 15.6 Å². The summed E-state index contributed by atoms with van der Waals surface area (Å²) in [4.78, 5) is 0. The summed E-state index contributed by atoms with van der Waals surface area (Å²) in [7, 11) is 0. The Kier molecular flexibility index (Phi) is 2.39. The predicted octanol–water partition coefficient (Wildman–Crippen LogP) is 4.25. The van der Waals surface area contributed by atoms with Crippen LogP contribution in [0.4, 0.5) is 0 Å². The van der Waals surface area contributed by atoms with Gasteiger partial charge in [0.1, 0.15) is 0 Å². The summed E-state index contributed by atoms with van der Waals surface area (Å²) in [5, 5.41) is 0. The second-order valence-electron chi connectivity index (χ2n) is 6.67. The maximum absolute atomic E-state index is 2.57. The summed E-state index contributed by atoms with van der Waals surface area (Å²) >= 11 is 4.57. The van der Waals surface area contributed by atoms with Gasteiger partial charge in [-0.3, -0.25) is 0 Å². The number of hydrogen-bond donors (Lipinski definition) is 0. The fraction of sp³-hybridized carbons (Fsp3) is 1.00. The van der Waals surface area contributed by atoms with Crippen molar-refractivity contribution in [2.45, 2.75) is 43.1 Å². The molecular weight excluding hydrogens is 232 g/mol. The average Bonchev–Trinajstić information content (AvgIpc) is 2.64. The molecule has 4 aliphatic carbocycles. The van der Waals surface area contributed by atoms with Crippen molar-refractivity contribution in [2.75, 3.05) is 11.5 Å². The second kappa shape index (κ2) is 3.60. The van der Waals surface area contributed by atoms with Gasteiger partial charge in [0.2, 0.25) is 0 Å². The Balaban J connectivity index is 1.64. The molecule has 5 rings (SSSR count). The first-order valence-corrected chi connectivity index (χ1v) is 8.99. The molecule has 1 saturated heterocycles. The lowest BCUT2D eigenvalue weighted by molar-refractivity contribution is -0.0388. The molecule has 0 spiro atoms. The van der Waals surface area contributed by atoms with E-state index >= 15 is 0 Å². The van der Waals surface area contributed by atoms with Crippen LogP contribution in [-0.2, 0) is 0 Å². The monoisotopic (exact) mass is 254 g/mol. The molecule has 0 atom stereocenters. The van der Waals surface area contributed by atoms with Crippen LogP contribution in [0.5, 0.6) is 0 Å². The van der Waals surface area contributed by atoms with Gasteiger partial charge in [0.05, 0.1) is 4.08 Å². The third-order valence-electron chi connectivity index (χ3n) is 5.69. The molecule has 4 saturated carbocycles. The van der Waals surface area contributed by atoms with Gasteiger partial charge in [0.25, 0.3) is 0 Å². The highest BCUT2D eigenvalue weighted by molar-refractivity contribution is 8.21. The standard InChI is InChI=1S/C14H22S2/c1-14(15-2-3-16-14)13-11-5-9-4-10(7-11)8-12(13)6-9/h9-13H,2-8H2,1H3. The van der Waals surface area contributed by atoms with Gasteiger partial charge in [-0.05, 0) is 68.6 Å². The Bertz CT molecular complexity index is 265. The molecule has 0 radical (unpaired) electrons. The summed E-state index contributed by atoms with van der Waals surface area (Å²) in [5.41, 5.74) is 0. The molecule has 0 amide bonds. The van der Waals surface area contributed by atoms with Crippen LogP contribution in [0.2, 0.25) is 0 Å². The third-order valence-corrected chi connectivity index (χ3v) is 9.17. The van der Waals surface area contributed by atoms with Gasteiger partial charge in [-0.1, -0.05) is 0 Å². The lowest BCUT2D eigenvalue weighted by atomic mass is 9.51. The number of rotatable bonds is 1. The van der Waals surface area contributed by atoms with E-state index in [2.05, 4.69) is 30.4 Å². The molecule has 2 heteroatoms. The van der Waals surface area contributed by atoms with E-state index in [1.165, 1.54) is 11.5 Å². The summed E-state index contributed by atoms with van der Waals surface area (Å²) < 4.78 is 0.600. The highest BCUT2D eigenvalue weighted by Gasteiger charge is 2.55. The molecule has 0 unspecified atom stereocenters. The quantitative estimate of drug-likeness (QED) is 0.686. The number of thioether (sulfide) groups is 2. The normalized spacial score (nSPS) is 53.4. The van der Waals surface area contributed by atoms with Crippen molar-refractivity contribution in [3.05, 3.63) is 0 Å². The van der Waals surface area contributed by atoms with Gasteiger partial charge in [-0.25, -0.2) is 0 Å². The molecule has 1 heterocycles. The lowest BCUT2D eigenvalue weighted by Gasteiger charge is -2.58. The predicted molar refractivity (Wildman–Crippen MR) is 73.9 cm³/mol. The van der Waals surface area contributed by atoms with E-state index in [1.807, 2.05) is 0 Å². The lowest BCUT2D eigenvalue weighted by Crippen LogP contribution is -2.51. The van der Waals surface area contributed by atoms with Crippen LogP contribution in [0, 0.1) is 29.6 Å². The van der Waals surface area contributed by atoms with Crippen molar-refractivity contribution in [3.63, 3.8) is 0 Å². The van der Waals surface area contributed by atoms with E-state index < -0.39 is 0 Å². The molecule has 0 aromatic rings. The molecule has 0 aromatic heterocycles. The summed E-state index contributed by atoms with van der Waals surface area (Å²) in [6.45, 7) is 2.57. The van der Waals surface area contributed by atoms with E-state index in [9.17, 15) is 0 Å². The Labute approximate surface area is 108 Å². The topological polar surface area (TPSA) is 0 Å². The molecule has 1 aliphatic heterocycles. The van der Waals surface area contributed by atoms with E-state index in [-0.39, 0.29) is 0 Å². The van der Waals surface area contributed by atoms with Gasteiger partial charge in [-0.15, -0.1) is 23.5 Å². The first kappa shape index (κ1) is 10.6. The van der Waals surface area contributed by atoms with Crippen molar-refractivity contribution >= 4 is 23.5 Å². The zero-order valence-corrected chi connectivity index (χ0v) is 11.8. The first-order chi connectivity index (χ1) is 7.74. The van der Waals surface area contributed by atoms with Crippen LogP contribution >= 0.6 is 23.5 Å². The number of hydrogen-bond acceptors (Lipinski definition) is 2. The first-order valence-electron chi connectivity index (χ1n) is 7.02. The SMILES string of the molecule is CC1(C2C3CC4CC(C3)CC2C4)SCCS1. The molecule has 4 bridgehead atoms. The van der Waals surface area contributed by atoms with Crippen molar-refractivity contribution in [3.8, 4) is 0 Å². The summed E-state index contributed by atoms with van der Waals surface area (Å²) in [6, 6.07) is 0. The Morgan fingerprint density at radius 3 is 1.81 bits per heavy atom. The molecule has 16 heavy (non-hydrogen) atoms. The molecule has 0 N–H and O–H groups in total. The summed E-state index contributed by atoms with van der Waals surface area (Å²) in [5.74, 6) is 8.38. The van der Waals surface area contributed by atoms with Crippen molar-refractivity contribution < 1.29 is 0 Å². The highest BCUT2D eigenvalue weighted by Crippen LogP contribution is 2.64. The van der Waals surface area contributed by atoms with Crippen LogP contribution in [0.1, 0.15) is 39.0 Å². The highest BCUT2D eigenvalue weighted by atomic mass is 32.2. The minimum atomic E-state index is 0.600. The van der Waals surface area contributed by atoms with Gasteiger partial charge in [0, 0.05) is 11.5 Å². The molecular formula is C14H22S2. The second-order valence-corrected chi connectivity index (χ2v) is 10.0. The molecule has 0 nitrogen and oxygen atoms in total. The molecule has 5 fully saturated rings. The van der Waals surface area contributed by atoms with E-state index in [1.54, 1.807) is 32.1 Å². The molecule has 90 valence electrons. The Morgan fingerprint density at radius 2 is 1.31 bits per heavy atom. The van der Waals surface area contributed by atoms with Crippen molar-refractivity contribution in [2.24, 2.45) is 29.6 Å². The minimum absolute atomic E-state index is 0.600. The maximum atomic E-state index is 2.57. The van der Waals surface area contributed by atoms with Crippen LogP contribution in [0.3, 0.4) is 0 Å². The zero-order chi connectivity index (χ0) is 10.8. The fourth-order valence-corrected chi connectivity index (χ4v) is 8.97. The largest absolute Gasteiger partial charge is 0.143 e. The van der Waals surface area contributed by atoms with Gasteiger partial charge in [-0.2, -0.15) is 0 Å². The summed E-state index contributed by atoms with van der Waals surface area (Å²) in [6.07, 6.45) is 7.96. The van der Waals surface area contributed by atoms with Gasteiger partial charge < -0.3 is 0 Å². The van der Waals surface area contributed by atoms with E-state index in [4.69, 9.17) is 0 Å². The molecule has 5 aliphatic rings. The van der Waals surface area contributed by atoms with E-state index in [0.717, 1.165) is 29.6 Å². The van der Waals surface area contributed by atoms with Crippen LogP contribution in [0.15, 0.2) is 0 Å². The zero-order valence-electron chi connectivity index (χ0n) is 10.2. The average molecular weight is 254 g/mol. The van der Waals surface area contributed by atoms with E-state index in [0.29, 0.717) is 4.08 Å². The minimum Gasteiger partial charge on any atom is -0.143 e. The Hall–Kier alpha value is 0.700. The maximum Gasteiger partial charge on any atom is 0.0616 e. The van der Waals surface area contributed by atoms with Crippen LogP contribution in [0.25, 0.3) is 0 Å². The van der Waals surface area contributed by atoms with Crippen LogP contribution < -0.4 is 0 Å². The Morgan fingerprint density at radius 1 is 0.812 bits per heavy atom. The van der Waals surface area contributed by atoms with Crippen molar-refractivity contribution in [1.82, 2.24) is 0 Å². The van der Waals surface area contributed by atoms with Gasteiger partial charge >= 0.3 is 0 Å². The fourth-order valence-electron chi connectivity index (χ4n) is 5.50. The smallest absolute Gasteiger partial charge is 0.0616 e. The third kappa shape index (κ3) is 1.44. The molecule has 0 aromatic carbocycles.